The molecule has 0 spiro atoms. The van der Waals surface area contributed by atoms with Gasteiger partial charge in [-0.15, -0.1) is 0 Å². The summed E-state index contributed by atoms with van der Waals surface area (Å²) in [6.07, 6.45) is 4.24. The van der Waals surface area contributed by atoms with Crippen molar-refractivity contribution in [1.82, 2.24) is 0 Å². The average molecular weight is 432 g/mol. The van der Waals surface area contributed by atoms with Gasteiger partial charge in [0.2, 0.25) is 0 Å². The molecular weight excluding hydrogens is 414 g/mol. The predicted octanol–water partition coefficient (Wildman–Crippen LogP) is 4.73. The van der Waals surface area contributed by atoms with Crippen LogP contribution in [-0.4, -0.2) is 0 Å². The van der Waals surface area contributed by atoms with E-state index >= 15 is 0 Å². The highest BCUT2D eigenvalue weighted by Gasteiger charge is 2.55. The van der Waals surface area contributed by atoms with Crippen LogP contribution in [0.15, 0.2) is 57.7 Å². The summed E-state index contributed by atoms with van der Waals surface area (Å²) in [6, 6.07) is 12.4. The average Bonchev–Trinajstić information content (AvgIpc) is 3.26. The lowest BCUT2D eigenvalue weighted by Gasteiger charge is -2.42. The second-order valence-corrected chi connectivity index (χ2v) is 7.77. The van der Waals surface area contributed by atoms with Gasteiger partial charge in [-0.2, -0.15) is 15.8 Å². The number of nitrogens with two attached hydrogens (primary N) is 1. The molecule has 0 amide bonds. The second-order valence-electron chi connectivity index (χ2n) is 7.77. The van der Waals surface area contributed by atoms with E-state index in [1.807, 2.05) is 18.2 Å². The summed E-state index contributed by atoms with van der Waals surface area (Å²) in [6.45, 7) is -0.135. The molecule has 32 heavy (non-hydrogen) atoms. The molecule has 2 aliphatic carbocycles. The van der Waals surface area contributed by atoms with E-state index in [2.05, 4.69) is 6.07 Å². The van der Waals surface area contributed by atoms with Gasteiger partial charge in [-0.1, -0.05) is 6.08 Å². The van der Waals surface area contributed by atoms with E-state index in [1.54, 1.807) is 12.1 Å². The summed E-state index contributed by atoms with van der Waals surface area (Å²) < 4.78 is 38.2. The molecule has 0 radical (unpaired) electrons. The first-order chi connectivity index (χ1) is 15.4. The van der Waals surface area contributed by atoms with Gasteiger partial charge < -0.3 is 14.9 Å². The number of fused-ring (bicyclic) bond motifs is 1. The van der Waals surface area contributed by atoms with Crippen LogP contribution in [0.3, 0.4) is 0 Å². The Morgan fingerprint density at radius 1 is 1.16 bits per heavy atom. The van der Waals surface area contributed by atoms with Crippen molar-refractivity contribution in [3.8, 4) is 24.0 Å². The molecule has 0 bridgehead atoms. The quantitative estimate of drug-likeness (QED) is 0.746. The lowest BCUT2D eigenvalue weighted by atomic mass is 9.58. The molecule has 8 heteroatoms. The zero-order valence-corrected chi connectivity index (χ0v) is 16.9. The number of ether oxygens (including phenoxy) is 1. The smallest absolute Gasteiger partial charge is 0.194 e. The monoisotopic (exact) mass is 432 g/mol. The van der Waals surface area contributed by atoms with Crippen molar-refractivity contribution in [1.29, 1.82) is 15.8 Å². The zero-order chi connectivity index (χ0) is 22.9. The third-order valence-electron chi connectivity index (χ3n) is 6.05. The number of hydrogen-bond acceptors (Lipinski definition) is 6. The van der Waals surface area contributed by atoms with Gasteiger partial charge in [0.25, 0.3) is 0 Å². The first-order valence-corrected chi connectivity index (χ1v) is 10.0. The first-order valence-electron chi connectivity index (χ1n) is 10.0. The topological polar surface area (TPSA) is 120 Å². The van der Waals surface area contributed by atoms with Crippen molar-refractivity contribution >= 4 is 0 Å². The van der Waals surface area contributed by atoms with Crippen LogP contribution in [0.2, 0.25) is 0 Å². The molecule has 160 valence electrons. The lowest BCUT2D eigenvalue weighted by molar-refractivity contribution is 0.232. The molecule has 0 saturated heterocycles. The lowest BCUT2D eigenvalue weighted by Crippen LogP contribution is -2.42. The van der Waals surface area contributed by atoms with E-state index in [1.165, 1.54) is 6.07 Å². The number of allylic oxidation sites excluding steroid dienone is 4. The molecule has 2 N–H and O–H groups in total. The van der Waals surface area contributed by atoms with Gasteiger partial charge in [0.1, 0.15) is 30.0 Å². The van der Waals surface area contributed by atoms with Gasteiger partial charge in [-0.3, -0.25) is 0 Å². The van der Waals surface area contributed by atoms with E-state index in [4.69, 9.17) is 14.9 Å². The molecule has 1 aromatic carbocycles. The third-order valence-corrected chi connectivity index (χ3v) is 6.05. The van der Waals surface area contributed by atoms with Gasteiger partial charge in [0, 0.05) is 6.07 Å². The van der Waals surface area contributed by atoms with Crippen molar-refractivity contribution in [3.05, 3.63) is 76.4 Å². The van der Waals surface area contributed by atoms with Crippen LogP contribution in [0.25, 0.3) is 0 Å². The maximum atomic E-state index is 13.8. The number of nitriles is 3. The predicted molar refractivity (Wildman–Crippen MR) is 108 cm³/mol. The minimum atomic E-state index is -1.76. The number of furan rings is 1. The Balaban J connectivity index is 1.70. The fourth-order valence-electron chi connectivity index (χ4n) is 4.56. The van der Waals surface area contributed by atoms with Crippen LogP contribution in [0.4, 0.5) is 8.78 Å². The van der Waals surface area contributed by atoms with E-state index in [9.17, 15) is 24.6 Å². The number of halogens is 2. The Labute approximate surface area is 183 Å². The zero-order valence-electron chi connectivity index (χ0n) is 16.9. The number of hydrogen-bond donors (Lipinski definition) is 1. The van der Waals surface area contributed by atoms with E-state index < -0.39 is 23.0 Å². The van der Waals surface area contributed by atoms with Gasteiger partial charge in [-0.05, 0) is 55.0 Å². The normalized spacial score (nSPS) is 21.5. The standard InChI is InChI=1S/C24H18F2N4O2/c25-14-5-7-20(19(26)9-14)31-11-15-6-8-21(32-15)22-17-4-2-1-3-16(17)18(10-27)23(30)24(22,12-28)13-29/h3,5-9,17,22H,1-2,4,11,30H2/t17-,22-/m0/s1. The Hall–Kier alpha value is -4.09. The van der Waals surface area contributed by atoms with Gasteiger partial charge in [0.05, 0.1) is 29.3 Å². The van der Waals surface area contributed by atoms with Crippen molar-refractivity contribution in [2.45, 2.75) is 31.8 Å². The minimum Gasteiger partial charge on any atom is -0.483 e. The van der Waals surface area contributed by atoms with Crippen LogP contribution in [0.5, 0.6) is 5.75 Å². The maximum absolute atomic E-state index is 13.8. The molecule has 1 heterocycles. The molecule has 4 rings (SSSR count). The molecule has 2 aromatic rings. The number of rotatable bonds is 4. The van der Waals surface area contributed by atoms with Crippen molar-refractivity contribution in [2.75, 3.05) is 0 Å². The number of benzene rings is 1. The van der Waals surface area contributed by atoms with Gasteiger partial charge in [0.15, 0.2) is 17.0 Å². The van der Waals surface area contributed by atoms with Crippen LogP contribution in [0, 0.1) is 57.0 Å². The molecule has 1 aromatic heterocycles. The van der Waals surface area contributed by atoms with Crippen LogP contribution < -0.4 is 10.5 Å². The molecular formula is C24H18F2N4O2. The first kappa shape index (κ1) is 21.2. The summed E-state index contributed by atoms with van der Waals surface area (Å²) in [5.74, 6) is -1.97. The molecule has 2 aliphatic rings. The van der Waals surface area contributed by atoms with E-state index in [0.717, 1.165) is 30.5 Å². The molecule has 0 saturated carbocycles. The Bertz CT molecular complexity index is 1240. The SMILES string of the molecule is N#CC1=C(N)C(C#N)(C#N)[C@H](c2ccc(COc3ccc(F)cc3F)o2)[C@H]2CCCC=C12. The Morgan fingerprint density at radius 2 is 1.94 bits per heavy atom. The highest BCUT2D eigenvalue weighted by Crippen LogP contribution is 2.56. The fraction of sp³-hybridized carbons (Fsp3) is 0.292. The largest absolute Gasteiger partial charge is 0.483 e. The summed E-state index contributed by atoms with van der Waals surface area (Å²) in [5, 5.41) is 29.7. The fourth-order valence-corrected chi connectivity index (χ4v) is 4.56. The van der Waals surface area contributed by atoms with Crippen LogP contribution >= 0.6 is 0 Å². The summed E-state index contributed by atoms with van der Waals surface area (Å²) >= 11 is 0. The number of nitrogens with zero attached hydrogens (tertiary/aromatic N) is 3. The second kappa shape index (κ2) is 8.21. The molecule has 0 fully saturated rings. The van der Waals surface area contributed by atoms with Crippen molar-refractivity contribution in [2.24, 2.45) is 17.1 Å². The van der Waals surface area contributed by atoms with E-state index in [0.29, 0.717) is 17.9 Å². The minimum absolute atomic E-state index is 0.0676. The van der Waals surface area contributed by atoms with Gasteiger partial charge >= 0.3 is 0 Å². The highest BCUT2D eigenvalue weighted by molar-refractivity contribution is 5.58. The third kappa shape index (κ3) is 3.29. The van der Waals surface area contributed by atoms with Crippen LogP contribution in [-0.2, 0) is 6.61 Å². The molecule has 0 aliphatic heterocycles. The Kier molecular flexibility index (Phi) is 5.43. The summed E-state index contributed by atoms with van der Waals surface area (Å²) in [7, 11) is 0. The summed E-state index contributed by atoms with van der Waals surface area (Å²) in [5.41, 5.74) is 5.33. The Morgan fingerprint density at radius 3 is 2.62 bits per heavy atom. The van der Waals surface area contributed by atoms with E-state index in [-0.39, 0.29) is 29.5 Å². The molecule has 0 unspecified atom stereocenters. The highest BCUT2D eigenvalue weighted by atomic mass is 19.1. The molecule has 2 atom stereocenters. The van der Waals surface area contributed by atoms with Crippen molar-refractivity contribution in [3.63, 3.8) is 0 Å². The summed E-state index contributed by atoms with van der Waals surface area (Å²) in [4.78, 5) is 0. The molecule has 6 nitrogen and oxygen atoms in total. The van der Waals surface area contributed by atoms with Crippen LogP contribution in [0.1, 0.15) is 36.7 Å². The maximum Gasteiger partial charge on any atom is 0.194 e. The van der Waals surface area contributed by atoms with Crippen molar-refractivity contribution < 1.29 is 17.9 Å². The van der Waals surface area contributed by atoms with Gasteiger partial charge in [-0.25, -0.2) is 8.78 Å².